The van der Waals surface area contributed by atoms with Gasteiger partial charge in [-0.05, 0) is 49.5 Å². The van der Waals surface area contributed by atoms with Crippen molar-refractivity contribution in [2.45, 2.75) is 38.1 Å². The van der Waals surface area contributed by atoms with E-state index in [1.54, 1.807) is 12.1 Å². The number of nitrogens with one attached hydrogen (secondary N) is 1. The number of sulfonamides is 1. The van der Waals surface area contributed by atoms with Crippen LogP contribution in [0.3, 0.4) is 0 Å². The minimum absolute atomic E-state index is 0.0772. The van der Waals surface area contributed by atoms with Crippen molar-refractivity contribution in [3.05, 3.63) is 23.8 Å². The molecule has 0 saturated heterocycles. The topological polar surface area (TPSA) is 72.2 Å². The average molecular weight is 302 g/mol. The maximum absolute atomic E-state index is 12.2. The largest absolute Gasteiger partial charge is 0.398 e. The summed E-state index contributed by atoms with van der Waals surface area (Å²) >= 11 is 1.81. The standard InChI is InChI=1S/C13H22N2O2S2/c1-4-18-8-7-11(3)15-19(16,17)12-6-5-10(2)13(14)9-12/h5-6,9,11,15H,4,7-8,14H2,1-3H3. The first-order chi connectivity index (χ1) is 8.86. The lowest BCUT2D eigenvalue weighted by molar-refractivity contribution is 0.557. The summed E-state index contributed by atoms with van der Waals surface area (Å²) in [6.45, 7) is 5.82. The SMILES string of the molecule is CCSCCC(C)NS(=O)(=O)c1ccc(C)c(N)c1. The lowest BCUT2D eigenvalue weighted by Gasteiger charge is -2.14. The van der Waals surface area contributed by atoms with Crippen molar-refractivity contribution in [2.75, 3.05) is 17.2 Å². The molecule has 1 unspecified atom stereocenters. The summed E-state index contributed by atoms with van der Waals surface area (Å²) in [6, 6.07) is 4.74. The Labute approximate surface area is 120 Å². The maximum atomic E-state index is 12.2. The van der Waals surface area contributed by atoms with E-state index in [0.29, 0.717) is 5.69 Å². The monoisotopic (exact) mass is 302 g/mol. The van der Waals surface area contributed by atoms with Gasteiger partial charge < -0.3 is 5.73 Å². The Kier molecular flexibility index (Phi) is 6.16. The molecule has 1 aromatic rings. The molecule has 0 bridgehead atoms. The Morgan fingerprint density at radius 2 is 2.11 bits per heavy atom. The van der Waals surface area contributed by atoms with Gasteiger partial charge in [-0.15, -0.1) is 0 Å². The van der Waals surface area contributed by atoms with Crippen LogP contribution in [0.15, 0.2) is 23.1 Å². The summed E-state index contributed by atoms with van der Waals surface area (Å²) in [5.41, 5.74) is 7.13. The fourth-order valence-electron chi connectivity index (χ4n) is 1.58. The normalized spacial score (nSPS) is 13.4. The quantitative estimate of drug-likeness (QED) is 0.599. The van der Waals surface area contributed by atoms with E-state index in [9.17, 15) is 8.42 Å². The van der Waals surface area contributed by atoms with E-state index in [-0.39, 0.29) is 10.9 Å². The number of hydrogen-bond donors (Lipinski definition) is 2. The van der Waals surface area contributed by atoms with Crippen LogP contribution in [0, 0.1) is 6.92 Å². The molecule has 0 spiro atoms. The molecule has 1 aromatic carbocycles. The van der Waals surface area contributed by atoms with Gasteiger partial charge >= 0.3 is 0 Å². The Balaban J connectivity index is 2.72. The third-order valence-corrected chi connectivity index (χ3v) is 5.34. The molecule has 0 fully saturated rings. The Bertz CT molecular complexity index is 515. The van der Waals surface area contributed by atoms with Crippen LogP contribution < -0.4 is 10.5 Å². The number of nitrogens with two attached hydrogens (primary N) is 1. The first-order valence-electron chi connectivity index (χ1n) is 6.33. The predicted octanol–water partition coefficient (Wildman–Crippen LogP) is 2.39. The minimum atomic E-state index is -3.48. The highest BCUT2D eigenvalue weighted by Gasteiger charge is 2.17. The molecule has 0 radical (unpaired) electrons. The molecule has 0 aliphatic rings. The summed E-state index contributed by atoms with van der Waals surface area (Å²) < 4.78 is 27.0. The van der Waals surface area contributed by atoms with E-state index < -0.39 is 10.0 Å². The first-order valence-corrected chi connectivity index (χ1v) is 8.96. The van der Waals surface area contributed by atoms with E-state index in [2.05, 4.69) is 11.6 Å². The van der Waals surface area contributed by atoms with E-state index >= 15 is 0 Å². The van der Waals surface area contributed by atoms with Crippen LogP contribution in [-0.2, 0) is 10.0 Å². The lowest BCUT2D eigenvalue weighted by Crippen LogP contribution is -2.33. The zero-order chi connectivity index (χ0) is 14.5. The van der Waals surface area contributed by atoms with Gasteiger partial charge in [0.2, 0.25) is 10.0 Å². The highest BCUT2D eigenvalue weighted by atomic mass is 32.2. The highest BCUT2D eigenvalue weighted by Crippen LogP contribution is 2.17. The van der Waals surface area contributed by atoms with Crippen LogP contribution in [0.5, 0.6) is 0 Å². The van der Waals surface area contributed by atoms with Crippen LogP contribution in [0.2, 0.25) is 0 Å². The average Bonchev–Trinajstić information content (AvgIpc) is 2.32. The number of aryl methyl sites for hydroxylation is 1. The highest BCUT2D eigenvalue weighted by molar-refractivity contribution is 7.99. The molecule has 1 atom stereocenters. The molecule has 4 nitrogen and oxygen atoms in total. The lowest BCUT2D eigenvalue weighted by atomic mass is 10.2. The van der Waals surface area contributed by atoms with E-state index in [0.717, 1.165) is 23.5 Å². The number of anilines is 1. The van der Waals surface area contributed by atoms with E-state index in [1.165, 1.54) is 6.07 Å². The zero-order valence-corrected chi connectivity index (χ0v) is 13.3. The molecule has 1 rings (SSSR count). The minimum Gasteiger partial charge on any atom is -0.398 e. The van der Waals surface area contributed by atoms with Gasteiger partial charge in [0.1, 0.15) is 0 Å². The molecule has 0 saturated carbocycles. The second-order valence-corrected chi connectivity index (χ2v) is 7.63. The molecular formula is C13H22N2O2S2. The van der Waals surface area contributed by atoms with Gasteiger partial charge in [-0.2, -0.15) is 11.8 Å². The molecule has 19 heavy (non-hydrogen) atoms. The van der Waals surface area contributed by atoms with Crippen molar-refractivity contribution in [1.82, 2.24) is 4.72 Å². The second-order valence-electron chi connectivity index (χ2n) is 4.53. The van der Waals surface area contributed by atoms with Crippen LogP contribution in [0.25, 0.3) is 0 Å². The fraction of sp³-hybridized carbons (Fsp3) is 0.538. The summed E-state index contributed by atoms with van der Waals surface area (Å²) in [4.78, 5) is 0.227. The first kappa shape index (κ1) is 16.3. The van der Waals surface area contributed by atoms with Crippen molar-refractivity contribution in [3.63, 3.8) is 0 Å². The molecule has 0 heterocycles. The van der Waals surface area contributed by atoms with Gasteiger partial charge in [0.05, 0.1) is 4.90 Å². The second kappa shape index (κ2) is 7.17. The van der Waals surface area contributed by atoms with Gasteiger partial charge in [0, 0.05) is 11.7 Å². The Hall–Kier alpha value is -0.720. The number of benzene rings is 1. The molecule has 108 valence electrons. The van der Waals surface area contributed by atoms with Crippen LogP contribution >= 0.6 is 11.8 Å². The third-order valence-electron chi connectivity index (χ3n) is 2.82. The Morgan fingerprint density at radius 1 is 1.42 bits per heavy atom. The van der Waals surface area contributed by atoms with Crippen molar-refractivity contribution in [1.29, 1.82) is 0 Å². The molecule has 0 aliphatic heterocycles. The third kappa shape index (κ3) is 5.04. The van der Waals surface area contributed by atoms with E-state index in [1.807, 2.05) is 25.6 Å². The number of nitrogen functional groups attached to an aromatic ring is 1. The van der Waals surface area contributed by atoms with Gasteiger partial charge in [-0.3, -0.25) is 0 Å². The molecule has 3 N–H and O–H groups in total. The summed E-state index contributed by atoms with van der Waals surface area (Å²) in [7, 11) is -3.48. The van der Waals surface area contributed by atoms with Crippen molar-refractivity contribution < 1.29 is 8.42 Å². The molecule has 0 aromatic heterocycles. The van der Waals surface area contributed by atoms with Crippen LogP contribution in [0.4, 0.5) is 5.69 Å². The van der Waals surface area contributed by atoms with Gasteiger partial charge in [-0.1, -0.05) is 13.0 Å². The van der Waals surface area contributed by atoms with Crippen molar-refractivity contribution in [3.8, 4) is 0 Å². The number of rotatable bonds is 7. The molecule has 0 amide bonds. The van der Waals surface area contributed by atoms with Gasteiger partial charge in [-0.25, -0.2) is 13.1 Å². The fourth-order valence-corrected chi connectivity index (χ4v) is 3.70. The van der Waals surface area contributed by atoms with Crippen molar-refractivity contribution >= 4 is 27.5 Å². The smallest absolute Gasteiger partial charge is 0.240 e. The van der Waals surface area contributed by atoms with Gasteiger partial charge in [0.15, 0.2) is 0 Å². The molecular weight excluding hydrogens is 280 g/mol. The van der Waals surface area contributed by atoms with E-state index in [4.69, 9.17) is 5.73 Å². The van der Waals surface area contributed by atoms with Crippen molar-refractivity contribution in [2.24, 2.45) is 0 Å². The van der Waals surface area contributed by atoms with Crippen LogP contribution in [0.1, 0.15) is 25.8 Å². The Morgan fingerprint density at radius 3 is 2.68 bits per heavy atom. The molecule has 6 heteroatoms. The summed E-state index contributed by atoms with van der Waals surface area (Å²) in [5.74, 6) is 2.00. The summed E-state index contributed by atoms with van der Waals surface area (Å²) in [6.07, 6.45) is 0.819. The zero-order valence-electron chi connectivity index (χ0n) is 11.6. The summed E-state index contributed by atoms with van der Waals surface area (Å²) in [5, 5.41) is 0. The maximum Gasteiger partial charge on any atom is 0.240 e. The predicted molar refractivity (Wildman–Crippen MR) is 83.0 cm³/mol. The van der Waals surface area contributed by atoms with Crippen LogP contribution in [-0.4, -0.2) is 26.0 Å². The molecule has 0 aliphatic carbocycles. The van der Waals surface area contributed by atoms with Gasteiger partial charge in [0.25, 0.3) is 0 Å². The number of hydrogen-bond acceptors (Lipinski definition) is 4. The number of thioether (sulfide) groups is 1.